The first-order chi connectivity index (χ1) is 6.53. The zero-order valence-corrected chi connectivity index (χ0v) is 10.9. The smallest absolute Gasteiger partial charge is 0.0448 e. The largest absolute Gasteiger partial charge is 0.396 e. The molecule has 4 heteroatoms. The molecule has 80 valence electrons. The van der Waals surface area contributed by atoms with Crippen molar-refractivity contribution < 1.29 is 5.11 Å². The van der Waals surface area contributed by atoms with E-state index in [1.165, 1.54) is 4.88 Å². The Bertz CT molecular complexity index is 285. The molecule has 1 aromatic heterocycles. The summed E-state index contributed by atoms with van der Waals surface area (Å²) in [7, 11) is 0. The second-order valence-electron chi connectivity index (χ2n) is 3.94. The van der Waals surface area contributed by atoms with Gasteiger partial charge in [0.1, 0.15) is 0 Å². The van der Waals surface area contributed by atoms with Crippen molar-refractivity contribution in [2.24, 2.45) is 0 Å². The number of hydrogen-bond acceptors (Lipinski definition) is 3. The SMILES string of the molecule is CC(C)(CCO)NCc1cc(Br)cs1. The van der Waals surface area contributed by atoms with E-state index in [9.17, 15) is 0 Å². The topological polar surface area (TPSA) is 32.3 Å². The van der Waals surface area contributed by atoms with E-state index >= 15 is 0 Å². The van der Waals surface area contributed by atoms with Crippen LogP contribution in [0.4, 0.5) is 0 Å². The Labute approximate surface area is 97.5 Å². The third kappa shape index (κ3) is 4.09. The van der Waals surface area contributed by atoms with E-state index in [1.807, 2.05) is 0 Å². The van der Waals surface area contributed by atoms with Gasteiger partial charge in [-0.2, -0.15) is 0 Å². The van der Waals surface area contributed by atoms with Crippen LogP contribution >= 0.6 is 27.3 Å². The summed E-state index contributed by atoms with van der Waals surface area (Å²) in [6.07, 6.45) is 0.777. The molecule has 2 nitrogen and oxygen atoms in total. The van der Waals surface area contributed by atoms with Gasteiger partial charge in [-0.3, -0.25) is 0 Å². The van der Waals surface area contributed by atoms with Crippen LogP contribution < -0.4 is 5.32 Å². The standard InChI is InChI=1S/C10H16BrNOS/c1-10(2,3-4-13)12-6-9-5-8(11)7-14-9/h5,7,12-13H,3-4,6H2,1-2H3. The Morgan fingerprint density at radius 2 is 2.29 bits per heavy atom. The average Bonchev–Trinajstić information content (AvgIpc) is 2.48. The Morgan fingerprint density at radius 3 is 2.79 bits per heavy atom. The van der Waals surface area contributed by atoms with Crippen molar-refractivity contribution in [2.75, 3.05) is 6.61 Å². The van der Waals surface area contributed by atoms with Gasteiger partial charge in [0, 0.05) is 33.4 Å². The van der Waals surface area contributed by atoms with E-state index < -0.39 is 0 Å². The van der Waals surface area contributed by atoms with Gasteiger partial charge in [-0.1, -0.05) is 0 Å². The van der Waals surface area contributed by atoms with Crippen molar-refractivity contribution in [1.82, 2.24) is 5.32 Å². The number of thiophene rings is 1. The van der Waals surface area contributed by atoms with Gasteiger partial charge in [-0.15, -0.1) is 11.3 Å². The molecule has 0 unspecified atom stereocenters. The molecule has 0 saturated heterocycles. The van der Waals surface area contributed by atoms with Crippen LogP contribution in [0.25, 0.3) is 0 Å². The Morgan fingerprint density at radius 1 is 1.57 bits per heavy atom. The maximum atomic E-state index is 8.86. The first kappa shape index (κ1) is 12.2. The quantitative estimate of drug-likeness (QED) is 0.868. The van der Waals surface area contributed by atoms with E-state index in [-0.39, 0.29) is 12.1 Å². The number of aliphatic hydroxyl groups excluding tert-OH is 1. The molecule has 2 N–H and O–H groups in total. The fourth-order valence-electron chi connectivity index (χ4n) is 1.14. The van der Waals surface area contributed by atoms with Crippen LogP contribution in [0.1, 0.15) is 25.1 Å². The van der Waals surface area contributed by atoms with Crippen molar-refractivity contribution in [1.29, 1.82) is 0 Å². The molecular weight excluding hydrogens is 262 g/mol. The highest BCUT2D eigenvalue weighted by Gasteiger charge is 2.15. The summed E-state index contributed by atoms with van der Waals surface area (Å²) in [5.41, 5.74) is 0.00517. The van der Waals surface area contributed by atoms with Crippen molar-refractivity contribution in [3.8, 4) is 0 Å². The lowest BCUT2D eigenvalue weighted by atomic mass is 10.0. The molecule has 0 atom stereocenters. The zero-order chi connectivity index (χ0) is 10.6. The highest BCUT2D eigenvalue weighted by molar-refractivity contribution is 9.10. The summed E-state index contributed by atoms with van der Waals surface area (Å²) in [6, 6.07) is 2.12. The maximum Gasteiger partial charge on any atom is 0.0448 e. The molecule has 1 aromatic rings. The fourth-order valence-corrected chi connectivity index (χ4v) is 2.53. The molecule has 0 amide bonds. The number of aliphatic hydroxyl groups is 1. The first-order valence-electron chi connectivity index (χ1n) is 4.62. The number of halogens is 1. The minimum atomic E-state index is 0.00517. The van der Waals surface area contributed by atoms with Crippen molar-refractivity contribution in [3.05, 3.63) is 20.8 Å². The monoisotopic (exact) mass is 277 g/mol. The van der Waals surface area contributed by atoms with Gasteiger partial charge in [-0.05, 0) is 42.3 Å². The second kappa shape index (κ2) is 5.26. The molecule has 0 aliphatic rings. The van der Waals surface area contributed by atoms with E-state index in [0.29, 0.717) is 0 Å². The minimum absolute atomic E-state index is 0.00517. The van der Waals surface area contributed by atoms with E-state index in [0.717, 1.165) is 17.4 Å². The normalized spacial score (nSPS) is 12.0. The summed E-state index contributed by atoms with van der Waals surface area (Å²) < 4.78 is 1.14. The predicted octanol–water partition coefficient (Wildman–Crippen LogP) is 2.76. The van der Waals surface area contributed by atoms with Crippen molar-refractivity contribution in [3.63, 3.8) is 0 Å². The fraction of sp³-hybridized carbons (Fsp3) is 0.600. The van der Waals surface area contributed by atoms with Gasteiger partial charge >= 0.3 is 0 Å². The van der Waals surface area contributed by atoms with Gasteiger partial charge in [0.15, 0.2) is 0 Å². The minimum Gasteiger partial charge on any atom is -0.396 e. The van der Waals surface area contributed by atoms with Crippen molar-refractivity contribution >= 4 is 27.3 Å². The highest BCUT2D eigenvalue weighted by Crippen LogP contribution is 2.20. The van der Waals surface area contributed by atoms with E-state index in [4.69, 9.17) is 5.11 Å². The molecule has 0 saturated carbocycles. The van der Waals surface area contributed by atoms with Crippen molar-refractivity contribution in [2.45, 2.75) is 32.4 Å². The molecule has 0 bridgehead atoms. The van der Waals surface area contributed by atoms with Crippen LogP contribution in [0.15, 0.2) is 15.9 Å². The Hall–Kier alpha value is 0.1000. The maximum absolute atomic E-state index is 8.86. The lowest BCUT2D eigenvalue weighted by molar-refractivity contribution is 0.230. The number of nitrogens with one attached hydrogen (secondary N) is 1. The van der Waals surface area contributed by atoms with Crippen LogP contribution in [0.2, 0.25) is 0 Å². The number of rotatable bonds is 5. The van der Waals surface area contributed by atoms with Crippen LogP contribution in [0.5, 0.6) is 0 Å². The molecule has 0 radical (unpaired) electrons. The molecule has 0 fully saturated rings. The molecular formula is C10H16BrNOS. The average molecular weight is 278 g/mol. The first-order valence-corrected chi connectivity index (χ1v) is 6.29. The molecule has 0 spiro atoms. The van der Waals surface area contributed by atoms with Gasteiger partial charge < -0.3 is 10.4 Å². The number of hydrogen-bond donors (Lipinski definition) is 2. The molecule has 1 heterocycles. The third-order valence-corrected chi connectivity index (χ3v) is 3.80. The summed E-state index contributed by atoms with van der Waals surface area (Å²) in [4.78, 5) is 1.31. The van der Waals surface area contributed by atoms with Crippen LogP contribution in [0.3, 0.4) is 0 Å². The third-order valence-electron chi connectivity index (χ3n) is 2.10. The molecule has 14 heavy (non-hydrogen) atoms. The van der Waals surface area contributed by atoms with Crippen LogP contribution in [-0.4, -0.2) is 17.3 Å². The summed E-state index contributed by atoms with van der Waals surface area (Å²) >= 11 is 5.16. The lowest BCUT2D eigenvalue weighted by Gasteiger charge is -2.25. The van der Waals surface area contributed by atoms with Gasteiger partial charge in [0.2, 0.25) is 0 Å². The molecule has 0 aliphatic heterocycles. The van der Waals surface area contributed by atoms with Gasteiger partial charge in [0.05, 0.1) is 0 Å². The molecule has 0 aliphatic carbocycles. The summed E-state index contributed by atoms with van der Waals surface area (Å²) in [5, 5.41) is 14.4. The van der Waals surface area contributed by atoms with E-state index in [1.54, 1.807) is 11.3 Å². The lowest BCUT2D eigenvalue weighted by Crippen LogP contribution is -2.39. The highest BCUT2D eigenvalue weighted by atomic mass is 79.9. The summed E-state index contributed by atoms with van der Waals surface area (Å²) in [6.45, 7) is 5.30. The second-order valence-corrected chi connectivity index (χ2v) is 5.85. The van der Waals surface area contributed by atoms with Crippen LogP contribution in [-0.2, 0) is 6.54 Å². The zero-order valence-electron chi connectivity index (χ0n) is 8.51. The molecule has 0 aromatic carbocycles. The summed E-state index contributed by atoms with van der Waals surface area (Å²) in [5.74, 6) is 0. The Kier molecular flexibility index (Phi) is 4.57. The van der Waals surface area contributed by atoms with Gasteiger partial charge in [-0.25, -0.2) is 0 Å². The predicted molar refractivity (Wildman–Crippen MR) is 64.6 cm³/mol. The van der Waals surface area contributed by atoms with Gasteiger partial charge in [0.25, 0.3) is 0 Å². The van der Waals surface area contributed by atoms with E-state index in [2.05, 4.69) is 46.5 Å². The van der Waals surface area contributed by atoms with Crippen LogP contribution in [0, 0.1) is 0 Å². The molecule has 1 rings (SSSR count). The Balaban J connectivity index is 2.40.